The Hall–Kier alpha value is -3.41. The number of benzene rings is 2. The van der Waals surface area contributed by atoms with Gasteiger partial charge in [-0.25, -0.2) is 0 Å². The largest absolute Gasteiger partial charge is 0.349 e. The zero-order chi connectivity index (χ0) is 20.8. The number of nitrogens with one attached hydrogen (secondary N) is 2. The van der Waals surface area contributed by atoms with E-state index in [4.69, 9.17) is 0 Å². The van der Waals surface area contributed by atoms with Crippen molar-refractivity contribution >= 4 is 23.4 Å². The Morgan fingerprint density at radius 2 is 1.86 bits per heavy atom. The summed E-state index contributed by atoms with van der Waals surface area (Å²) in [5.41, 5.74) is 2.99. The summed E-state index contributed by atoms with van der Waals surface area (Å²) < 4.78 is 0. The van der Waals surface area contributed by atoms with E-state index in [0.717, 1.165) is 17.5 Å². The summed E-state index contributed by atoms with van der Waals surface area (Å²) in [6.07, 6.45) is 2.50. The smallest absolute Gasteiger partial charge is 0.253 e. The van der Waals surface area contributed by atoms with Crippen molar-refractivity contribution in [1.82, 2.24) is 10.2 Å². The van der Waals surface area contributed by atoms with Gasteiger partial charge in [0.05, 0.1) is 23.7 Å². The summed E-state index contributed by atoms with van der Waals surface area (Å²) in [5, 5.41) is 5.56. The number of para-hydroxylation sites is 1. The van der Waals surface area contributed by atoms with Crippen LogP contribution in [-0.4, -0.2) is 35.7 Å². The summed E-state index contributed by atoms with van der Waals surface area (Å²) in [6.45, 7) is 6.04. The van der Waals surface area contributed by atoms with Crippen molar-refractivity contribution in [2.75, 3.05) is 18.4 Å². The van der Waals surface area contributed by atoms with Gasteiger partial charge in [0, 0.05) is 20.0 Å². The van der Waals surface area contributed by atoms with E-state index < -0.39 is 0 Å². The first-order valence-electron chi connectivity index (χ1n) is 9.64. The van der Waals surface area contributed by atoms with Gasteiger partial charge in [0.1, 0.15) is 0 Å². The van der Waals surface area contributed by atoms with Crippen LogP contribution in [-0.2, 0) is 16.0 Å². The monoisotopic (exact) mass is 391 g/mol. The molecule has 1 unspecified atom stereocenters. The van der Waals surface area contributed by atoms with Gasteiger partial charge in [0.2, 0.25) is 11.8 Å². The average Bonchev–Trinajstić information content (AvgIpc) is 2.72. The third-order valence-corrected chi connectivity index (χ3v) is 5.05. The maximum Gasteiger partial charge on any atom is 0.253 e. The number of hydrogen-bond acceptors (Lipinski definition) is 3. The lowest BCUT2D eigenvalue weighted by Gasteiger charge is -2.36. The quantitative estimate of drug-likeness (QED) is 0.743. The Morgan fingerprint density at radius 3 is 2.62 bits per heavy atom. The van der Waals surface area contributed by atoms with Crippen molar-refractivity contribution in [3.63, 3.8) is 0 Å². The fourth-order valence-electron chi connectivity index (χ4n) is 3.68. The van der Waals surface area contributed by atoms with E-state index >= 15 is 0 Å². The minimum absolute atomic E-state index is 0.0542. The third-order valence-electron chi connectivity index (χ3n) is 5.05. The molecule has 150 valence electrons. The summed E-state index contributed by atoms with van der Waals surface area (Å²) in [7, 11) is 0. The van der Waals surface area contributed by atoms with E-state index in [1.807, 2.05) is 24.3 Å². The number of rotatable bonds is 6. The highest BCUT2D eigenvalue weighted by atomic mass is 16.2. The van der Waals surface area contributed by atoms with Crippen molar-refractivity contribution in [3.05, 3.63) is 77.9 Å². The molecule has 0 bridgehead atoms. The Bertz CT molecular complexity index is 938. The van der Waals surface area contributed by atoms with E-state index in [9.17, 15) is 14.4 Å². The van der Waals surface area contributed by atoms with Gasteiger partial charge in [0.25, 0.3) is 5.91 Å². The lowest BCUT2D eigenvalue weighted by molar-refractivity contribution is -0.132. The van der Waals surface area contributed by atoms with E-state index in [2.05, 4.69) is 17.2 Å². The van der Waals surface area contributed by atoms with Gasteiger partial charge in [-0.1, -0.05) is 42.5 Å². The first kappa shape index (κ1) is 20.3. The van der Waals surface area contributed by atoms with Gasteiger partial charge in [-0.3, -0.25) is 14.4 Å². The molecule has 0 saturated heterocycles. The summed E-state index contributed by atoms with van der Waals surface area (Å²) in [5.74, 6) is -0.586. The zero-order valence-corrected chi connectivity index (χ0v) is 16.5. The minimum atomic E-state index is -0.320. The molecule has 0 saturated carbocycles. The Labute approximate surface area is 170 Å². The van der Waals surface area contributed by atoms with Crippen molar-refractivity contribution < 1.29 is 14.4 Å². The molecule has 3 amide bonds. The maximum absolute atomic E-state index is 12.9. The summed E-state index contributed by atoms with van der Waals surface area (Å²) in [6, 6.07) is 14.4. The Kier molecular flexibility index (Phi) is 6.44. The molecule has 1 heterocycles. The molecule has 0 spiro atoms. The number of nitrogens with zero attached hydrogens (tertiary/aromatic N) is 1. The van der Waals surface area contributed by atoms with Gasteiger partial charge in [-0.15, -0.1) is 6.58 Å². The number of anilines is 1. The molecular weight excluding hydrogens is 366 g/mol. The highest BCUT2D eigenvalue weighted by molar-refractivity contribution is 6.04. The second-order valence-electron chi connectivity index (χ2n) is 6.97. The molecule has 2 aromatic rings. The second-order valence-corrected chi connectivity index (χ2v) is 6.97. The first-order valence-corrected chi connectivity index (χ1v) is 9.64. The molecular formula is C23H25N3O3. The van der Waals surface area contributed by atoms with Gasteiger partial charge in [-0.05, 0) is 29.7 Å². The molecule has 0 aliphatic carbocycles. The van der Waals surface area contributed by atoms with E-state index in [0.29, 0.717) is 24.3 Å². The Morgan fingerprint density at radius 1 is 1.14 bits per heavy atom. The van der Waals surface area contributed by atoms with Crippen molar-refractivity contribution in [2.45, 2.75) is 25.8 Å². The topological polar surface area (TPSA) is 78.5 Å². The highest BCUT2D eigenvalue weighted by Gasteiger charge is 2.30. The SMILES string of the molecule is C=CCNC(=O)c1ccccc1NC(=O)CC1c2ccccc2CCN1C(C)=O. The number of amides is 3. The molecule has 0 fully saturated rings. The number of carbonyl (C=O) groups excluding carboxylic acids is 3. The highest BCUT2D eigenvalue weighted by Crippen LogP contribution is 2.32. The van der Waals surface area contributed by atoms with Gasteiger partial charge >= 0.3 is 0 Å². The molecule has 2 aromatic carbocycles. The maximum atomic E-state index is 12.9. The minimum Gasteiger partial charge on any atom is -0.349 e. The molecule has 6 heteroatoms. The van der Waals surface area contributed by atoms with Crippen molar-refractivity contribution in [3.8, 4) is 0 Å². The van der Waals surface area contributed by atoms with Crippen LogP contribution in [0.25, 0.3) is 0 Å². The molecule has 0 aromatic heterocycles. The molecule has 1 aliphatic heterocycles. The van der Waals surface area contributed by atoms with Crippen LogP contribution in [0.15, 0.2) is 61.2 Å². The molecule has 2 N–H and O–H groups in total. The van der Waals surface area contributed by atoms with Crippen LogP contribution >= 0.6 is 0 Å². The lowest BCUT2D eigenvalue weighted by atomic mass is 9.90. The van der Waals surface area contributed by atoms with E-state index in [-0.39, 0.29) is 30.2 Å². The third kappa shape index (κ3) is 4.71. The van der Waals surface area contributed by atoms with Gasteiger partial charge in [-0.2, -0.15) is 0 Å². The average molecular weight is 391 g/mol. The molecule has 0 radical (unpaired) electrons. The molecule has 6 nitrogen and oxygen atoms in total. The Balaban J connectivity index is 1.79. The van der Waals surface area contributed by atoms with Crippen molar-refractivity contribution in [2.24, 2.45) is 0 Å². The predicted molar refractivity (Wildman–Crippen MR) is 112 cm³/mol. The molecule has 1 aliphatic rings. The fourth-order valence-corrected chi connectivity index (χ4v) is 3.68. The number of fused-ring (bicyclic) bond motifs is 1. The van der Waals surface area contributed by atoms with Gasteiger partial charge in [0.15, 0.2) is 0 Å². The standard InChI is InChI=1S/C23H25N3O3/c1-3-13-24-23(29)19-10-6-7-11-20(19)25-22(28)15-21-18-9-5-4-8-17(18)12-14-26(21)16(2)27/h3-11,21H,1,12-15H2,2H3,(H,24,29)(H,25,28). The van der Waals surface area contributed by atoms with Crippen LogP contribution < -0.4 is 10.6 Å². The second kappa shape index (κ2) is 9.19. The van der Waals surface area contributed by atoms with Crippen LogP contribution in [0, 0.1) is 0 Å². The summed E-state index contributed by atoms with van der Waals surface area (Å²) in [4.78, 5) is 39.1. The van der Waals surface area contributed by atoms with Gasteiger partial charge < -0.3 is 15.5 Å². The van der Waals surface area contributed by atoms with Crippen LogP contribution in [0.2, 0.25) is 0 Å². The predicted octanol–water partition coefficient (Wildman–Crippen LogP) is 3.08. The van der Waals surface area contributed by atoms with Crippen LogP contribution in [0.5, 0.6) is 0 Å². The molecule has 29 heavy (non-hydrogen) atoms. The molecule has 3 rings (SSSR count). The van der Waals surface area contributed by atoms with Crippen LogP contribution in [0.3, 0.4) is 0 Å². The van der Waals surface area contributed by atoms with E-state index in [1.165, 1.54) is 6.92 Å². The normalized spacial score (nSPS) is 15.2. The van der Waals surface area contributed by atoms with E-state index in [1.54, 1.807) is 35.2 Å². The first-order chi connectivity index (χ1) is 14.0. The van der Waals surface area contributed by atoms with Crippen molar-refractivity contribution in [1.29, 1.82) is 0 Å². The van der Waals surface area contributed by atoms with Crippen LogP contribution in [0.1, 0.15) is 40.9 Å². The summed E-state index contributed by atoms with van der Waals surface area (Å²) >= 11 is 0. The number of carbonyl (C=O) groups is 3. The number of hydrogen-bond donors (Lipinski definition) is 2. The zero-order valence-electron chi connectivity index (χ0n) is 16.5. The van der Waals surface area contributed by atoms with Crippen LogP contribution in [0.4, 0.5) is 5.69 Å². The molecule has 1 atom stereocenters. The fraction of sp³-hybridized carbons (Fsp3) is 0.261. The lowest BCUT2D eigenvalue weighted by Crippen LogP contribution is -2.40.